The zero-order valence-electron chi connectivity index (χ0n) is 35.0. The van der Waals surface area contributed by atoms with Crippen molar-refractivity contribution < 1.29 is 23.8 Å². The van der Waals surface area contributed by atoms with Gasteiger partial charge < -0.3 is 40.9 Å². The summed E-state index contributed by atoms with van der Waals surface area (Å²) in [6.07, 6.45) is 22.6. The SMILES string of the molecule is CNC[C@H](CC1CCCCC1)NC(=O)N1CCCCC1.CNC[C@H](CC1CCCCC1)NC(=O)N1CCC[C@@H]([C@@](O)(CCCCOC)c2cc(F)ccc2Br)C1. The number of unbranched alkanes of at least 4 members (excludes halogenated alkanes) is 1. The summed E-state index contributed by atoms with van der Waals surface area (Å²) < 4.78 is 20.2. The Hall–Kier alpha value is -1.99. The van der Waals surface area contributed by atoms with Crippen molar-refractivity contribution in [2.75, 3.05) is 67.1 Å². The van der Waals surface area contributed by atoms with Crippen LogP contribution in [-0.4, -0.2) is 106 Å². The Morgan fingerprint density at radius 1 is 0.804 bits per heavy atom. The Morgan fingerprint density at radius 2 is 1.34 bits per heavy atom. The van der Waals surface area contributed by atoms with E-state index in [9.17, 15) is 19.1 Å². The van der Waals surface area contributed by atoms with Gasteiger partial charge in [-0.2, -0.15) is 0 Å². The molecule has 5 N–H and O–H groups in total. The van der Waals surface area contributed by atoms with Gasteiger partial charge >= 0.3 is 12.1 Å². The first kappa shape index (κ1) is 46.7. The first-order chi connectivity index (χ1) is 27.2. The second-order valence-corrected chi connectivity index (χ2v) is 18.1. The number of nitrogens with one attached hydrogen (secondary N) is 4. The summed E-state index contributed by atoms with van der Waals surface area (Å²) in [6.45, 7) is 5.24. The van der Waals surface area contributed by atoms with Gasteiger partial charge in [0.2, 0.25) is 0 Å². The number of aliphatic hydroxyl groups is 1. The number of hydrogen-bond donors (Lipinski definition) is 5. The van der Waals surface area contributed by atoms with Gasteiger partial charge in [-0.3, -0.25) is 0 Å². The van der Waals surface area contributed by atoms with Crippen LogP contribution in [0.1, 0.15) is 134 Å². The maximum absolute atomic E-state index is 14.3. The van der Waals surface area contributed by atoms with Crippen molar-refractivity contribution in [1.29, 1.82) is 0 Å². The quantitative estimate of drug-likeness (QED) is 0.101. The molecule has 4 atom stereocenters. The number of halogens is 2. The highest BCUT2D eigenvalue weighted by atomic mass is 79.9. The van der Waals surface area contributed by atoms with Crippen molar-refractivity contribution in [2.45, 2.75) is 146 Å². The molecule has 2 aliphatic heterocycles. The number of methoxy groups -OCH3 is 1. The summed E-state index contributed by atoms with van der Waals surface area (Å²) in [5.41, 5.74) is -0.669. The topological polar surface area (TPSA) is 118 Å². The van der Waals surface area contributed by atoms with E-state index in [4.69, 9.17) is 4.74 Å². The number of piperidine rings is 2. The predicted molar refractivity (Wildman–Crippen MR) is 228 cm³/mol. The third kappa shape index (κ3) is 15.3. The van der Waals surface area contributed by atoms with Crippen LogP contribution in [0.5, 0.6) is 0 Å². The Labute approximate surface area is 346 Å². The number of hydrogen-bond acceptors (Lipinski definition) is 6. The number of likely N-dealkylation sites (N-methyl/N-ethyl adjacent to an activating group) is 2. The highest BCUT2D eigenvalue weighted by molar-refractivity contribution is 9.10. The molecule has 1 aromatic rings. The van der Waals surface area contributed by atoms with Crippen LogP contribution in [0.3, 0.4) is 0 Å². The van der Waals surface area contributed by atoms with Gasteiger partial charge in [-0.05, 0) is 108 Å². The molecular weight excluding hydrogens is 775 g/mol. The molecule has 0 unspecified atom stereocenters. The van der Waals surface area contributed by atoms with Crippen molar-refractivity contribution in [3.05, 3.63) is 34.1 Å². The fourth-order valence-electron chi connectivity index (χ4n) is 9.74. The third-order valence-corrected chi connectivity index (χ3v) is 13.5. The van der Waals surface area contributed by atoms with Crippen LogP contribution in [0.2, 0.25) is 0 Å². The van der Waals surface area contributed by atoms with Crippen LogP contribution < -0.4 is 21.3 Å². The summed E-state index contributed by atoms with van der Waals surface area (Å²) >= 11 is 3.55. The molecule has 4 fully saturated rings. The number of urea groups is 2. The normalized spacial score (nSPS) is 22.0. The predicted octanol–water partition coefficient (Wildman–Crippen LogP) is 8.31. The van der Waals surface area contributed by atoms with Crippen molar-refractivity contribution in [2.24, 2.45) is 17.8 Å². The molecule has 2 saturated heterocycles. The number of benzene rings is 1. The summed E-state index contributed by atoms with van der Waals surface area (Å²) in [7, 11) is 5.57. The molecule has 2 aliphatic carbocycles. The number of amides is 4. The van der Waals surface area contributed by atoms with E-state index < -0.39 is 5.60 Å². The lowest BCUT2D eigenvalue weighted by atomic mass is 9.74. The second-order valence-electron chi connectivity index (χ2n) is 17.2. The van der Waals surface area contributed by atoms with E-state index in [2.05, 4.69) is 37.2 Å². The number of carbonyl (C=O) groups excluding carboxylic acids is 2. The minimum atomic E-state index is -1.24. The van der Waals surface area contributed by atoms with Crippen LogP contribution in [0.25, 0.3) is 0 Å². The van der Waals surface area contributed by atoms with Gasteiger partial charge in [0.25, 0.3) is 0 Å². The maximum atomic E-state index is 14.3. The molecule has 12 heteroatoms. The maximum Gasteiger partial charge on any atom is 0.317 e. The van der Waals surface area contributed by atoms with Crippen molar-refractivity contribution in [1.82, 2.24) is 31.1 Å². The molecular formula is C44H76BrFN6O4. The lowest BCUT2D eigenvalue weighted by molar-refractivity contribution is -0.0571. The number of rotatable bonds is 17. The van der Waals surface area contributed by atoms with Crippen LogP contribution >= 0.6 is 15.9 Å². The number of likely N-dealkylation sites (tertiary alicyclic amines) is 2. The van der Waals surface area contributed by atoms with E-state index in [1.54, 1.807) is 13.2 Å². The molecule has 0 spiro atoms. The number of carbonyl (C=O) groups is 2. The molecule has 2 heterocycles. The molecule has 10 nitrogen and oxygen atoms in total. The van der Waals surface area contributed by atoms with Crippen LogP contribution in [-0.2, 0) is 10.3 Å². The zero-order chi connectivity index (χ0) is 40.2. The molecule has 0 bridgehead atoms. The fraction of sp³-hybridized carbons (Fsp3) is 0.818. The standard InChI is InChI=1S/C28H45BrFN3O3.C16H31N3O/c1-31-19-24(17-21-9-4-3-5-10-21)32-27(34)33-15-8-11-22(20-33)28(35,14-6-7-16-36-2)25-18-23(30)12-13-26(25)29;1-17-13-15(12-14-8-4-2-5-9-14)18-16(20)19-10-6-3-7-11-19/h12-13,18,21-22,24,31,35H,3-11,14-17,19-20H2,1-2H3,(H,32,34);14-15,17H,2-13H2,1H3,(H,18,20)/t22-,24+,28+;15-/m10/s1. The summed E-state index contributed by atoms with van der Waals surface area (Å²) in [5.74, 6) is 0.933. The summed E-state index contributed by atoms with van der Waals surface area (Å²) in [5, 5.41) is 25.1. The van der Waals surface area contributed by atoms with Crippen LogP contribution in [0, 0.1) is 23.6 Å². The fourth-order valence-corrected chi connectivity index (χ4v) is 10.3. The molecule has 5 rings (SSSR count). The van der Waals surface area contributed by atoms with Gasteiger partial charge in [0.1, 0.15) is 5.82 Å². The van der Waals surface area contributed by atoms with E-state index in [-0.39, 0.29) is 35.9 Å². The van der Waals surface area contributed by atoms with Gasteiger partial charge in [-0.25, -0.2) is 14.0 Å². The minimum absolute atomic E-state index is 0.0594. The number of ether oxygens (including phenoxy) is 1. The van der Waals surface area contributed by atoms with Gasteiger partial charge in [-0.15, -0.1) is 0 Å². The molecule has 320 valence electrons. The van der Waals surface area contributed by atoms with Crippen molar-refractivity contribution in [3.8, 4) is 0 Å². The molecule has 1 aromatic carbocycles. The average molecular weight is 852 g/mol. The Bertz CT molecular complexity index is 1280. The highest BCUT2D eigenvalue weighted by Crippen LogP contribution is 2.43. The lowest BCUT2D eigenvalue weighted by Crippen LogP contribution is -2.54. The molecule has 56 heavy (non-hydrogen) atoms. The first-order valence-electron chi connectivity index (χ1n) is 22.2. The second kappa shape index (κ2) is 25.5. The Morgan fingerprint density at radius 3 is 1.89 bits per heavy atom. The molecule has 4 aliphatic rings. The Kier molecular flexibility index (Phi) is 21.3. The van der Waals surface area contributed by atoms with Gasteiger partial charge in [-0.1, -0.05) is 80.1 Å². The van der Waals surface area contributed by atoms with Gasteiger partial charge in [0.15, 0.2) is 0 Å². The largest absolute Gasteiger partial charge is 0.385 e. The molecule has 2 saturated carbocycles. The van der Waals surface area contributed by atoms with E-state index in [1.807, 2.05) is 23.9 Å². The van der Waals surface area contributed by atoms with Crippen molar-refractivity contribution >= 4 is 28.0 Å². The smallest absolute Gasteiger partial charge is 0.317 e. The van der Waals surface area contributed by atoms with Gasteiger partial charge in [0.05, 0.1) is 5.60 Å². The van der Waals surface area contributed by atoms with E-state index in [0.717, 1.165) is 83.5 Å². The zero-order valence-corrected chi connectivity index (χ0v) is 36.6. The van der Waals surface area contributed by atoms with E-state index in [1.165, 1.54) is 82.8 Å². The van der Waals surface area contributed by atoms with E-state index >= 15 is 0 Å². The third-order valence-electron chi connectivity index (χ3n) is 12.8. The monoisotopic (exact) mass is 851 g/mol. The van der Waals surface area contributed by atoms with Crippen LogP contribution in [0.4, 0.5) is 14.0 Å². The van der Waals surface area contributed by atoms with Gasteiger partial charge in [0, 0.05) is 81.0 Å². The molecule has 0 aromatic heterocycles. The summed E-state index contributed by atoms with van der Waals surface area (Å²) in [6, 6.07) is 4.97. The molecule has 4 amide bonds. The highest BCUT2D eigenvalue weighted by Gasteiger charge is 2.42. The number of nitrogens with zero attached hydrogens (tertiary/aromatic N) is 2. The first-order valence-corrected chi connectivity index (χ1v) is 23.0. The molecule has 0 radical (unpaired) electrons. The minimum Gasteiger partial charge on any atom is -0.385 e. The Balaban J connectivity index is 0.000000293. The summed E-state index contributed by atoms with van der Waals surface area (Å²) in [4.78, 5) is 29.5. The van der Waals surface area contributed by atoms with E-state index in [0.29, 0.717) is 42.1 Å². The van der Waals surface area contributed by atoms with Crippen LogP contribution in [0.15, 0.2) is 22.7 Å². The van der Waals surface area contributed by atoms with Crippen molar-refractivity contribution in [3.63, 3.8) is 0 Å². The average Bonchev–Trinajstić information content (AvgIpc) is 3.22. The lowest BCUT2D eigenvalue weighted by Gasteiger charge is -2.43.